The minimum atomic E-state index is -1.77. The first-order valence-corrected chi connectivity index (χ1v) is 8.82. The third-order valence-electron chi connectivity index (χ3n) is 3.02. The summed E-state index contributed by atoms with van der Waals surface area (Å²) >= 11 is 0. The Balaban J connectivity index is 2.49. The van der Waals surface area contributed by atoms with Gasteiger partial charge in [-0.15, -0.1) is 0 Å². The van der Waals surface area contributed by atoms with Crippen LogP contribution in [0.1, 0.15) is 32.3 Å². The SMILES string of the molecule is CCO[SiH](CCCCc1cc(F)c(F)c(F)c1F)OCC. The van der Waals surface area contributed by atoms with Crippen molar-refractivity contribution in [3.05, 3.63) is 34.9 Å². The third kappa shape index (κ3) is 5.41. The molecule has 0 atom stereocenters. The molecule has 0 fully saturated rings. The monoisotopic (exact) mass is 324 g/mol. The molecule has 0 N–H and O–H groups in total. The summed E-state index contributed by atoms with van der Waals surface area (Å²) in [5.74, 6) is -6.19. The van der Waals surface area contributed by atoms with Gasteiger partial charge in [-0.2, -0.15) is 0 Å². The fourth-order valence-corrected chi connectivity index (χ4v) is 3.81. The first-order chi connectivity index (χ1) is 10.0. The van der Waals surface area contributed by atoms with E-state index in [1.165, 1.54) is 0 Å². The highest BCUT2D eigenvalue weighted by atomic mass is 28.3. The molecule has 120 valence electrons. The van der Waals surface area contributed by atoms with Gasteiger partial charge in [0.2, 0.25) is 0 Å². The van der Waals surface area contributed by atoms with Crippen molar-refractivity contribution in [1.82, 2.24) is 0 Å². The Hall–Kier alpha value is -0.923. The fourth-order valence-electron chi connectivity index (χ4n) is 2.02. The lowest BCUT2D eigenvalue weighted by Crippen LogP contribution is -2.22. The highest BCUT2D eigenvalue weighted by Gasteiger charge is 2.18. The zero-order valence-electron chi connectivity index (χ0n) is 12.2. The molecule has 0 radical (unpaired) electrons. The van der Waals surface area contributed by atoms with Crippen LogP contribution < -0.4 is 0 Å². The molecule has 21 heavy (non-hydrogen) atoms. The summed E-state index contributed by atoms with van der Waals surface area (Å²) in [5.41, 5.74) is -0.141. The maximum Gasteiger partial charge on any atom is 0.321 e. The average Bonchev–Trinajstić information content (AvgIpc) is 2.46. The average molecular weight is 324 g/mol. The standard InChI is InChI=1S/C14H20F4O2Si/c1-3-19-21(20-4-2)8-6-5-7-10-9-11(15)13(17)14(18)12(10)16/h9,21H,3-8H2,1-2H3. The van der Waals surface area contributed by atoms with Gasteiger partial charge in [0, 0.05) is 13.2 Å². The Bertz CT molecular complexity index is 451. The minimum absolute atomic E-state index is 0.141. The maximum atomic E-state index is 13.4. The lowest BCUT2D eigenvalue weighted by Gasteiger charge is -2.14. The van der Waals surface area contributed by atoms with Crippen LogP contribution in [0.5, 0.6) is 0 Å². The fraction of sp³-hybridized carbons (Fsp3) is 0.571. The molecule has 0 aliphatic carbocycles. The van der Waals surface area contributed by atoms with Crippen molar-refractivity contribution in [3.8, 4) is 0 Å². The number of rotatable bonds is 9. The second-order valence-corrected chi connectivity index (χ2v) is 6.65. The Morgan fingerprint density at radius 2 is 1.52 bits per heavy atom. The third-order valence-corrected chi connectivity index (χ3v) is 5.31. The Morgan fingerprint density at radius 3 is 2.10 bits per heavy atom. The summed E-state index contributed by atoms with van der Waals surface area (Å²) in [6, 6.07) is 1.46. The van der Waals surface area contributed by atoms with Crippen LogP contribution in [-0.4, -0.2) is 22.5 Å². The maximum absolute atomic E-state index is 13.4. The van der Waals surface area contributed by atoms with Crippen molar-refractivity contribution < 1.29 is 26.4 Å². The van der Waals surface area contributed by atoms with Gasteiger partial charge in [0.05, 0.1) is 0 Å². The van der Waals surface area contributed by atoms with E-state index < -0.39 is 32.6 Å². The zero-order valence-corrected chi connectivity index (χ0v) is 13.4. The van der Waals surface area contributed by atoms with Gasteiger partial charge < -0.3 is 8.85 Å². The highest BCUT2D eigenvalue weighted by molar-refractivity contribution is 6.44. The lowest BCUT2D eigenvalue weighted by molar-refractivity contribution is 0.212. The van der Waals surface area contributed by atoms with Crippen molar-refractivity contribution in [2.75, 3.05) is 13.2 Å². The van der Waals surface area contributed by atoms with Gasteiger partial charge in [-0.25, -0.2) is 17.6 Å². The van der Waals surface area contributed by atoms with Gasteiger partial charge in [0.15, 0.2) is 23.3 Å². The van der Waals surface area contributed by atoms with Gasteiger partial charge in [-0.05, 0) is 44.4 Å². The lowest BCUT2D eigenvalue weighted by atomic mass is 10.1. The number of unbranched alkanes of at least 4 members (excludes halogenated alkanes) is 1. The molecule has 0 saturated heterocycles. The molecular formula is C14H20F4O2Si. The highest BCUT2D eigenvalue weighted by Crippen LogP contribution is 2.20. The van der Waals surface area contributed by atoms with Crippen LogP contribution in [0.3, 0.4) is 0 Å². The molecule has 1 aromatic carbocycles. The Kier molecular flexibility index (Phi) is 7.91. The molecule has 0 spiro atoms. The Morgan fingerprint density at radius 1 is 0.905 bits per heavy atom. The van der Waals surface area contributed by atoms with Gasteiger partial charge in [0.1, 0.15) is 0 Å². The Labute approximate surface area is 123 Å². The van der Waals surface area contributed by atoms with E-state index in [9.17, 15) is 17.6 Å². The second kappa shape index (κ2) is 9.17. The van der Waals surface area contributed by atoms with Crippen molar-refractivity contribution in [2.45, 2.75) is 39.2 Å². The van der Waals surface area contributed by atoms with Crippen LogP contribution in [0.25, 0.3) is 0 Å². The minimum Gasteiger partial charge on any atom is -0.397 e. The van der Waals surface area contributed by atoms with Gasteiger partial charge in [-0.3, -0.25) is 0 Å². The summed E-state index contributed by atoms with van der Waals surface area (Å²) in [6.45, 7) is 4.94. The predicted molar refractivity (Wildman–Crippen MR) is 74.4 cm³/mol. The molecule has 0 heterocycles. The van der Waals surface area contributed by atoms with Gasteiger partial charge in [0.25, 0.3) is 0 Å². The molecule has 7 heteroatoms. The van der Waals surface area contributed by atoms with Crippen molar-refractivity contribution >= 4 is 9.28 Å². The van der Waals surface area contributed by atoms with E-state index in [1.807, 2.05) is 13.8 Å². The van der Waals surface area contributed by atoms with E-state index in [0.717, 1.165) is 6.04 Å². The van der Waals surface area contributed by atoms with Crippen LogP contribution >= 0.6 is 0 Å². The van der Waals surface area contributed by atoms with E-state index in [2.05, 4.69) is 0 Å². The largest absolute Gasteiger partial charge is 0.397 e. The number of hydrogen-bond acceptors (Lipinski definition) is 2. The zero-order chi connectivity index (χ0) is 15.8. The van der Waals surface area contributed by atoms with E-state index in [-0.39, 0.29) is 12.0 Å². The molecule has 0 aliphatic rings. The van der Waals surface area contributed by atoms with Crippen molar-refractivity contribution in [1.29, 1.82) is 0 Å². The molecule has 0 bridgehead atoms. The van der Waals surface area contributed by atoms with E-state index in [1.54, 1.807) is 0 Å². The molecule has 0 aliphatic heterocycles. The number of aryl methyl sites for hydroxylation is 1. The number of hydrogen-bond donors (Lipinski definition) is 0. The molecule has 1 aromatic rings. The number of benzene rings is 1. The van der Waals surface area contributed by atoms with Gasteiger partial charge in [-0.1, -0.05) is 6.42 Å². The molecule has 0 unspecified atom stereocenters. The predicted octanol–water partition coefficient (Wildman–Crippen LogP) is 3.86. The summed E-state index contributed by atoms with van der Waals surface area (Å²) in [7, 11) is -1.70. The molecule has 0 saturated carbocycles. The van der Waals surface area contributed by atoms with Crippen molar-refractivity contribution in [3.63, 3.8) is 0 Å². The first-order valence-electron chi connectivity index (χ1n) is 7.06. The summed E-state index contributed by atoms with van der Waals surface area (Å²) < 4.78 is 63.3. The van der Waals surface area contributed by atoms with Crippen LogP contribution in [0.15, 0.2) is 6.07 Å². The summed E-state index contributed by atoms with van der Waals surface area (Å²) in [5, 5.41) is 0. The molecule has 2 nitrogen and oxygen atoms in total. The molecule has 1 rings (SSSR count). The van der Waals surface area contributed by atoms with Crippen molar-refractivity contribution in [2.24, 2.45) is 0 Å². The quantitative estimate of drug-likeness (QED) is 0.226. The second-order valence-electron chi connectivity index (χ2n) is 4.55. The molecule has 0 amide bonds. The van der Waals surface area contributed by atoms with Crippen LogP contribution in [0, 0.1) is 23.3 Å². The molecule has 0 aromatic heterocycles. The smallest absolute Gasteiger partial charge is 0.321 e. The van der Waals surface area contributed by atoms with E-state index in [0.29, 0.717) is 32.1 Å². The van der Waals surface area contributed by atoms with Crippen LogP contribution in [0.2, 0.25) is 6.04 Å². The first kappa shape index (κ1) is 18.1. The normalized spacial score (nSPS) is 11.4. The number of halogens is 4. The van der Waals surface area contributed by atoms with Gasteiger partial charge >= 0.3 is 9.28 Å². The van der Waals surface area contributed by atoms with Crippen LogP contribution in [-0.2, 0) is 15.3 Å². The topological polar surface area (TPSA) is 18.5 Å². The molecular weight excluding hydrogens is 304 g/mol. The summed E-state index contributed by atoms with van der Waals surface area (Å²) in [4.78, 5) is 0. The van der Waals surface area contributed by atoms with E-state index >= 15 is 0 Å². The van der Waals surface area contributed by atoms with E-state index in [4.69, 9.17) is 8.85 Å². The summed E-state index contributed by atoms with van der Waals surface area (Å²) in [6.07, 6.45) is 1.39. The van der Waals surface area contributed by atoms with Crippen LogP contribution in [0.4, 0.5) is 17.6 Å².